The molecule has 1 aromatic carbocycles. The van der Waals surface area contributed by atoms with Crippen LogP contribution in [0.15, 0.2) is 16.6 Å². The van der Waals surface area contributed by atoms with E-state index in [-0.39, 0.29) is 38.9 Å². The first-order valence-electron chi connectivity index (χ1n) is 7.77. The summed E-state index contributed by atoms with van der Waals surface area (Å²) in [7, 11) is -5.79. The first kappa shape index (κ1) is 22.7. The average molecular weight is 501 g/mol. The number of unbranched alkanes of at least 4 members (excludes halogenated alkanes) is 1. The molecule has 0 unspecified atom stereocenters. The highest BCUT2D eigenvalue weighted by Crippen LogP contribution is 2.63. The van der Waals surface area contributed by atoms with Gasteiger partial charge in [-0.15, -0.1) is 11.3 Å². The molecule has 2 aromatic rings. The topological polar surface area (TPSA) is 153 Å². The molecule has 0 aliphatic rings. The second-order valence-corrected chi connectivity index (χ2v) is 9.28. The van der Waals surface area contributed by atoms with Crippen molar-refractivity contribution in [2.75, 3.05) is 6.61 Å². The third-order valence-electron chi connectivity index (χ3n) is 3.69. The van der Waals surface area contributed by atoms with Crippen molar-refractivity contribution in [3.8, 4) is 5.75 Å². The van der Waals surface area contributed by atoms with E-state index < -0.39 is 30.0 Å². The Labute approximate surface area is 170 Å². The Kier molecular flexibility index (Phi) is 6.82. The Bertz CT molecular complexity index is 977. The van der Waals surface area contributed by atoms with Crippen LogP contribution >= 0.6 is 34.9 Å². The fourth-order valence-electron chi connectivity index (χ4n) is 2.30. The molecule has 0 saturated heterocycles. The summed E-state index contributed by atoms with van der Waals surface area (Å²) in [5.74, 6) is -1.24. The van der Waals surface area contributed by atoms with Crippen molar-refractivity contribution >= 4 is 56.8 Å². The van der Waals surface area contributed by atoms with Gasteiger partial charge in [0.25, 0.3) is 0 Å². The van der Waals surface area contributed by atoms with Gasteiger partial charge in [-0.3, -0.25) is 14.2 Å². The second-order valence-electron chi connectivity index (χ2n) is 5.82. The van der Waals surface area contributed by atoms with Crippen LogP contribution < -0.4 is 16.2 Å². The number of alkyl halides is 2. The molecule has 1 aromatic heterocycles. The predicted molar refractivity (Wildman–Crippen MR) is 103 cm³/mol. The van der Waals surface area contributed by atoms with Gasteiger partial charge in [0.1, 0.15) is 10.6 Å². The number of halogens is 3. The molecule has 0 radical (unpaired) electrons. The van der Waals surface area contributed by atoms with Gasteiger partial charge < -0.3 is 26.0 Å². The van der Waals surface area contributed by atoms with Crippen molar-refractivity contribution in [2.45, 2.75) is 24.9 Å². The van der Waals surface area contributed by atoms with Crippen molar-refractivity contribution in [1.29, 1.82) is 0 Å². The van der Waals surface area contributed by atoms with Gasteiger partial charge in [-0.1, -0.05) is 0 Å². The Morgan fingerprint density at radius 2 is 1.89 bits per heavy atom. The summed E-state index contributed by atoms with van der Waals surface area (Å²) >= 11 is 3.37. The third kappa shape index (κ3) is 4.69. The van der Waals surface area contributed by atoms with Gasteiger partial charge in [0, 0.05) is 21.8 Å². The van der Waals surface area contributed by atoms with E-state index >= 15 is 0 Å². The minimum absolute atomic E-state index is 0.0239. The standard InChI is InChI=1S/C15H16BrF2N2O6PS/c16-11-8-5-7(14(20)22)6-9(26-4-2-1-3-10(19)21)12(8)28-13(11)15(17,18)27(23,24)25/h5-6H,1-4H2,(H2,19,21)(H2,20,22)(H2,23,24,25). The SMILES string of the molecule is NC(=O)CCCCOc1cc(C(N)=O)cc2c(Br)c(C(F)(F)P(=O)(O)O)sc12. The minimum atomic E-state index is -5.79. The monoisotopic (exact) mass is 500 g/mol. The molecule has 0 bridgehead atoms. The first-order valence-corrected chi connectivity index (χ1v) is 11.0. The molecule has 0 spiro atoms. The van der Waals surface area contributed by atoms with Crippen molar-refractivity contribution in [1.82, 2.24) is 0 Å². The van der Waals surface area contributed by atoms with E-state index in [1.165, 1.54) is 12.1 Å². The predicted octanol–water partition coefficient (Wildman–Crippen LogP) is 3.02. The van der Waals surface area contributed by atoms with Crippen molar-refractivity contribution in [2.24, 2.45) is 11.5 Å². The quantitative estimate of drug-likeness (QED) is 0.306. The van der Waals surface area contributed by atoms with E-state index in [1.807, 2.05) is 0 Å². The molecule has 154 valence electrons. The highest BCUT2D eigenvalue weighted by molar-refractivity contribution is 9.10. The summed E-state index contributed by atoms with van der Waals surface area (Å²) in [6, 6.07) is 2.50. The normalized spacial score (nSPS) is 12.3. The largest absolute Gasteiger partial charge is 0.492 e. The molecule has 28 heavy (non-hydrogen) atoms. The van der Waals surface area contributed by atoms with Gasteiger partial charge in [0.05, 0.1) is 11.3 Å². The first-order chi connectivity index (χ1) is 12.9. The van der Waals surface area contributed by atoms with Crippen LogP contribution in [-0.2, 0) is 15.0 Å². The van der Waals surface area contributed by atoms with Crippen LogP contribution in [0.2, 0.25) is 0 Å². The third-order valence-corrected chi connectivity index (χ3v) is 7.18. The zero-order valence-corrected chi connectivity index (χ0v) is 17.5. The molecule has 0 fully saturated rings. The zero-order chi connectivity index (χ0) is 21.3. The highest BCUT2D eigenvalue weighted by atomic mass is 79.9. The lowest BCUT2D eigenvalue weighted by molar-refractivity contribution is -0.118. The van der Waals surface area contributed by atoms with Crippen LogP contribution in [0.3, 0.4) is 0 Å². The molecular formula is C15H16BrF2N2O6PS. The van der Waals surface area contributed by atoms with Crippen LogP contribution in [0.25, 0.3) is 10.1 Å². The number of hydrogen-bond acceptors (Lipinski definition) is 5. The fraction of sp³-hybridized carbons (Fsp3) is 0.333. The Balaban J connectivity index is 2.48. The number of carbonyl (C=O) groups excluding carboxylic acids is 2. The number of primary amides is 2. The maximum absolute atomic E-state index is 14.2. The number of fused-ring (bicyclic) bond motifs is 1. The molecule has 6 N–H and O–H groups in total. The summed E-state index contributed by atoms with van der Waals surface area (Å²) in [5.41, 5.74) is 5.85. The maximum Gasteiger partial charge on any atom is 0.400 e. The lowest BCUT2D eigenvalue weighted by Gasteiger charge is -2.16. The highest BCUT2D eigenvalue weighted by Gasteiger charge is 2.53. The molecule has 0 atom stereocenters. The van der Waals surface area contributed by atoms with Crippen LogP contribution in [0.4, 0.5) is 8.78 Å². The summed E-state index contributed by atoms with van der Waals surface area (Å²) in [5, 5.41) is 0.108. The van der Waals surface area contributed by atoms with Gasteiger partial charge >= 0.3 is 13.3 Å². The van der Waals surface area contributed by atoms with E-state index in [1.54, 1.807) is 0 Å². The molecule has 0 aliphatic carbocycles. The number of ether oxygens (including phenoxy) is 1. The molecule has 0 aliphatic heterocycles. The number of hydrogen-bond donors (Lipinski definition) is 4. The second kappa shape index (κ2) is 8.42. The van der Waals surface area contributed by atoms with Crippen molar-refractivity contribution in [3.63, 3.8) is 0 Å². The number of carbonyl (C=O) groups is 2. The smallest absolute Gasteiger partial charge is 0.400 e. The molecule has 13 heteroatoms. The minimum Gasteiger partial charge on any atom is -0.492 e. The van der Waals surface area contributed by atoms with E-state index in [9.17, 15) is 22.9 Å². The van der Waals surface area contributed by atoms with Crippen LogP contribution in [-0.4, -0.2) is 28.2 Å². The number of thiophene rings is 1. The van der Waals surface area contributed by atoms with Crippen molar-refractivity contribution < 1.29 is 37.5 Å². The van der Waals surface area contributed by atoms with Crippen molar-refractivity contribution in [3.05, 3.63) is 27.0 Å². The van der Waals surface area contributed by atoms with Crippen LogP contribution in [0.5, 0.6) is 5.75 Å². The maximum atomic E-state index is 14.2. The van der Waals surface area contributed by atoms with Gasteiger partial charge in [-0.2, -0.15) is 8.78 Å². The fourth-order valence-corrected chi connectivity index (χ4v) is 5.27. The van der Waals surface area contributed by atoms with Gasteiger partial charge in [0.2, 0.25) is 11.8 Å². The molecule has 2 rings (SSSR count). The van der Waals surface area contributed by atoms with E-state index in [4.69, 9.17) is 26.0 Å². The number of rotatable bonds is 9. The van der Waals surface area contributed by atoms with E-state index in [0.717, 1.165) is 0 Å². The van der Waals surface area contributed by atoms with Gasteiger partial charge in [0.15, 0.2) is 0 Å². The van der Waals surface area contributed by atoms with E-state index in [2.05, 4.69) is 15.9 Å². The molecule has 0 saturated carbocycles. The summed E-state index contributed by atoms with van der Waals surface area (Å²) < 4.78 is 45.1. The molecular weight excluding hydrogens is 485 g/mol. The summed E-state index contributed by atoms with van der Waals surface area (Å²) in [4.78, 5) is 39.4. The Hall–Kier alpha value is -1.59. The molecule has 1 heterocycles. The summed E-state index contributed by atoms with van der Waals surface area (Å²) in [6.45, 7) is 0.102. The van der Waals surface area contributed by atoms with E-state index in [0.29, 0.717) is 24.2 Å². The number of amides is 2. The van der Waals surface area contributed by atoms with Crippen LogP contribution in [0.1, 0.15) is 34.5 Å². The number of benzene rings is 1. The van der Waals surface area contributed by atoms with Crippen LogP contribution in [0, 0.1) is 0 Å². The molecule has 2 amide bonds. The number of nitrogens with two attached hydrogens (primary N) is 2. The Morgan fingerprint density at radius 1 is 1.25 bits per heavy atom. The lowest BCUT2D eigenvalue weighted by Crippen LogP contribution is -2.12. The average Bonchev–Trinajstić information content (AvgIpc) is 2.91. The Morgan fingerprint density at radius 3 is 2.43 bits per heavy atom. The molecule has 8 nitrogen and oxygen atoms in total. The van der Waals surface area contributed by atoms with Gasteiger partial charge in [-0.25, -0.2) is 0 Å². The lowest BCUT2D eigenvalue weighted by atomic mass is 10.1. The summed E-state index contributed by atoms with van der Waals surface area (Å²) in [6.07, 6.45) is 1.04. The van der Waals surface area contributed by atoms with Gasteiger partial charge in [-0.05, 0) is 40.9 Å². The zero-order valence-electron chi connectivity index (χ0n) is 14.2.